The first kappa shape index (κ1) is 15.8. The van der Waals surface area contributed by atoms with Gasteiger partial charge in [-0.15, -0.1) is 0 Å². The van der Waals surface area contributed by atoms with Crippen molar-refractivity contribution in [2.24, 2.45) is 0 Å². The van der Waals surface area contributed by atoms with Crippen LogP contribution in [0.1, 0.15) is 16.1 Å². The Morgan fingerprint density at radius 3 is 2.45 bits per heavy atom. The predicted octanol–water partition coefficient (Wildman–Crippen LogP) is 3.42. The maximum absolute atomic E-state index is 13.2. The van der Waals surface area contributed by atoms with E-state index in [0.717, 1.165) is 6.07 Å². The lowest BCUT2D eigenvalue weighted by Gasteiger charge is -2.18. The van der Waals surface area contributed by atoms with Gasteiger partial charge in [-0.3, -0.25) is 9.78 Å². The van der Waals surface area contributed by atoms with Crippen LogP contribution in [0.3, 0.4) is 0 Å². The molecule has 1 heterocycles. The molecule has 1 amide bonds. The fourth-order valence-corrected chi connectivity index (χ4v) is 1.84. The van der Waals surface area contributed by atoms with E-state index in [0.29, 0.717) is 5.69 Å². The fraction of sp³-hybridized carbons (Fsp3) is 0.200. The van der Waals surface area contributed by atoms with Crippen molar-refractivity contribution in [2.75, 3.05) is 24.3 Å². The fourth-order valence-electron chi connectivity index (χ4n) is 1.84. The number of aromatic nitrogens is 1. The first-order valence-electron chi connectivity index (χ1n) is 6.40. The van der Waals surface area contributed by atoms with Gasteiger partial charge in [-0.2, -0.15) is 13.2 Å². The van der Waals surface area contributed by atoms with E-state index < -0.39 is 17.6 Å². The maximum atomic E-state index is 13.2. The van der Waals surface area contributed by atoms with Gasteiger partial charge >= 0.3 is 6.18 Å². The molecule has 0 aliphatic carbocycles. The second-order valence-corrected chi connectivity index (χ2v) is 4.79. The summed E-state index contributed by atoms with van der Waals surface area (Å²) in [5.74, 6) is -0.691. The van der Waals surface area contributed by atoms with Gasteiger partial charge in [0, 0.05) is 26.0 Å². The zero-order valence-electron chi connectivity index (χ0n) is 12.0. The monoisotopic (exact) mass is 309 g/mol. The summed E-state index contributed by atoms with van der Waals surface area (Å²) in [5, 5.41) is 2.26. The Labute approximate surface area is 125 Å². The number of carbonyl (C=O) groups excluding carboxylic acids is 1. The first-order chi connectivity index (χ1) is 10.3. The Kier molecular flexibility index (Phi) is 4.35. The number of hydrogen-bond acceptors (Lipinski definition) is 3. The van der Waals surface area contributed by atoms with E-state index in [-0.39, 0.29) is 11.4 Å². The minimum absolute atomic E-state index is 0.0484. The molecule has 0 aliphatic rings. The molecule has 22 heavy (non-hydrogen) atoms. The molecule has 0 saturated carbocycles. The molecule has 2 rings (SSSR count). The Morgan fingerprint density at radius 2 is 1.91 bits per heavy atom. The normalized spacial score (nSPS) is 11.1. The summed E-state index contributed by atoms with van der Waals surface area (Å²) < 4.78 is 39.5. The predicted molar refractivity (Wildman–Crippen MR) is 78.0 cm³/mol. The number of nitrogens with zero attached hydrogens (tertiary/aromatic N) is 2. The number of hydrogen-bond donors (Lipinski definition) is 1. The standard InChI is InChI=1S/C15H14F3N3O/c1-21(2)10-6-7-12(11(9-10)15(16,17)18)20-14(22)13-5-3-4-8-19-13/h3-9H,1-2H3,(H,20,22). The summed E-state index contributed by atoms with van der Waals surface area (Å²) in [6, 6.07) is 8.36. The quantitative estimate of drug-likeness (QED) is 0.945. The Hall–Kier alpha value is -2.57. The van der Waals surface area contributed by atoms with Gasteiger partial charge in [-0.05, 0) is 30.3 Å². The molecule has 0 spiro atoms. The van der Waals surface area contributed by atoms with Crippen molar-refractivity contribution >= 4 is 17.3 Å². The number of carbonyl (C=O) groups is 1. The molecule has 1 N–H and O–H groups in total. The molecule has 1 aromatic carbocycles. The number of amides is 1. The maximum Gasteiger partial charge on any atom is 0.418 e. The smallest absolute Gasteiger partial charge is 0.378 e. The highest BCUT2D eigenvalue weighted by Crippen LogP contribution is 2.37. The van der Waals surface area contributed by atoms with Crippen LogP contribution in [-0.4, -0.2) is 25.0 Å². The van der Waals surface area contributed by atoms with Gasteiger partial charge in [0.25, 0.3) is 5.91 Å². The van der Waals surface area contributed by atoms with E-state index in [1.54, 1.807) is 31.1 Å². The van der Waals surface area contributed by atoms with Crippen molar-refractivity contribution < 1.29 is 18.0 Å². The van der Waals surface area contributed by atoms with Gasteiger partial charge in [0.2, 0.25) is 0 Å². The number of alkyl halides is 3. The van der Waals surface area contributed by atoms with E-state index in [1.807, 2.05) is 0 Å². The average molecular weight is 309 g/mol. The molecule has 0 saturated heterocycles. The van der Waals surface area contributed by atoms with Gasteiger partial charge in [-0.1, -0.05) is 6.07 Å². The Balaban J connectivity index is 2.36. The third-order valence-electron chi connectivity index (χ3n) is 2.97. The van der Waals surface area contributed by atoms with Crippen LogP contribution in [0, 0.1) is 0 Å². The van der Waals surface area contributed by atoms with Gasteiger partial charge in [0.05, 0.1) is 11.3 Å². The highest BCUT2D eigenvalue weighted by molar-refractivity contribution is 6.03. The summed E-state index contributed by atoms with van der Waals surface area (Å²) in [5.41, 5.74) is -0.757. The largest absolute Gasteiger partial charge is 0.418 e. The number of halogens is 3. The number of anilines is 2. The van der Waals surface area contributed by atoms with Crippen molar-refractivity contribution in [2.45, 2.75) is 6.18 Å². The third kappa shape index (κ3) is 3.55. The Morgan fingerprint density at radius 1 is 1.18 bits per heavy atom. The van der Waals surface area contributed by atoms with Crippen LogP contribution in [0.2, 0.25) is 0 Å². The summed E-state index contributed by atoms with van der Waals surface area (Å²) in [4.78, 5) is 17.3. The van der Waals surface area contributed by atoms with Crippen LogP contribution in [0.5, 0.6) is 0 Å². The molecular formula is C15H14F3N3O. The molecule has 2 aromatic rings. The van der Waals surface area contributed by atoms with Crippen LogP contribution in [-0.2, 0) is 6.18 Å². The molecule has 0 aliphatic heterocycles. The van der Waals surface area contributed by atoms with Gasteiger partial charge in [0.15, 0.2) is 0 Å². The minimum atomic E-state index is -4.57. The molecule has 0 atom stereocenters. The number of benzene rings is 1. The van der Waals surface area contributed by atoms with Crippen molar-refractivity contribution in [1.82, 2.24) is 4.98 Å². The summed E-state index contributed by atoms with van der Waals surface area (Å²) in [7, 11) is 3.28. The summed E-state index contributed by atoms with van der Waals surface area (Å²) in [6.07, 6.45) is -3.17. The third-order valence-corrected chi connectivity index (χ3v) is 2.97. The molecule has 4 nitrogen and oxygen atoms in total. The van der Waals surface area contributed by atoms with E-state index in [2.05, 4.69) is 10.3 Å². The molecular weight excluding hydrogens is 295 g/mol. The molecule has 7 heteroatoms. The molecule has 1 aromatic heterocycles. The number of rotatable bonds is 3. The molecule has 0 radical (unpaired) electrons. The van der Waals surface area contributed by atoms with Crippen molar-refractivity contribution in [1.29, 1.82) is 0 Å². The highest BCUT2D eigenvalue weighted by Gasteiger charge is 2.34. The lowest BCUT2D eigenvalue weighted by atomic mass is 10.1. The number of pyridine rings is 1. The first-order valence-corrected chi connectivity index (χ1v) is 6.40. The number of nitrogens with one attached hydrogen (secondary N) is 1. The van der Waals surface area contributed by atoms with Crippen LogP contribution >= 0.6 is 0 Å². The van der Waals surface area contributed by atoms with Crippen molar-refractivity contribution in [3.8, 4) is 0 Å². The zero-order chi connectivity index (χ0) is 16.3. The zero-order valence-corrected chi connectivity index (χ0v) is 12.0. The highest BCUT2D eigenvalue weighted by atomic mass is 19.4. The van der Waals surface area contributed by atoms with E-state index in [9.17, 15) is 18.0 Å². The van der Waals surface area contributed by atoms with Gasteiger partial charge in [-0.25, -0.2) is 0 Å². The second kappa shape index (κ2) is 6.05. The topological polar surface area (TPSA) is 45.2 Å². The molecule has 0 unspecified atom stereocenters. The SMILES string of the molecule is CN(C)c1ccc(NC(=O)c2ccccn2)c(C(F)(F)F)c1. The van der Waals surface area contributed by atoms with Crippen molar-refractivity contribution in [3.05, 3.63) is 53.9 Å². The Bertz CT molecular complexity index is 669. The van der Waals surface area contributed by atoms with E-state index >= 15 is 0 Å². The lowest BCUT2D eigenvalue weighted by molar-refractivity contribution is -0.136. The van der Waals surface area contributed by atoms with Crippen LogP contribution in [0.25, 0.3) is 0 Å². The molecule has 116 valence electrons. The van der Waals surface area contributed by atoms with Crippen LogP contribution < -0.4 is 10.2 Å². The summed E-state index contributed by atoms with van der Waals surface area (Å²) in [6.45, 7) is 0. The van der Waals surface area contributed by atoms with Crippen LogP contribution in [0.15, 0.2) is 42.6 Å². The van der Waals surface area contributed by atoms with Crippen LogP contribution in [0.4, 0.5) is 24.5 Å². The minimum Gasteiger partial charge on any atom is -0.378 e. The molecule has 0 bridgehead atoms. The van der Waals surface area contributed by atoms with Crippen molar-refractivity contribution in [3.63, 3.8) is 0 Å². The second-order valence-electron chi connectivity index (χ2n) is 4.79. The average Bonchev–Trinajstić information content (AvgIpc) is 2.47. The van der Waals surface area contributed by atoms with Gasteiger partial charge in [0.1, 0.15) is 5.69 Å². The van der Waals surface area contributed by atoms with E-state index in [4.69, 9.17) is 0 Å². The summed E-state index contributed by atoms with van der Waals surface area (Å²) >= 11 is 0. The lowest BCUT2D eigenvalue weighted by Crippen LogP contribution is -2.18. The van der Waals surface area contributed by atoms with Gasteiger partial charge < -0.3 is 10.2 Å². The van der Waals surface area contributed by atoms with E-state index in [1.165, 1.54) is 24.4 Å². The molecule has 0 fully saturated rings.